The zero-order chi connectivity index (χ0) is 19.1. The van der Waals surface area contributed by atoms with Crippen LogP contribution in [0.1, 0.15) is 0 Å². The molecule has 8 heteroatoms. The Labute approximate surface area is 157 Å². The number of rotatable bonds is 8. The first-order valence-electron chi connectivity index (χ1n) is 7.69. The number of nitrogens with one attached hydrogen (secondary N) is 2. The van der Waals surface area contributed by atoms with Crippen LogP contribution in [0.15, 0.2) is 30.3 Å². The molecule has 0 saturated heterocycles. The maximum Gasteiger partial charge on any atom is 0.243 e. The summed E-state index contributed by atoms with van der Waals surface area (Å²) < 4.78 is 21.0. The molecule has 26 heavy (non-hydrogen) atoms. The number of methoxy groups -OCH3 is 4. The Bertz CT molecular complexity index is 757. The number of ether oxygens (including phenoxy) is 4. The lowest BCUT2D eigenvalue weighted by Crippen LogP contribution is -2.22. The predicted molar refractivity (Wildman–Crippen MR) is 101 cm³/mol. The minimum absolute atomic E-state index is 0.0212. The molecule has 2 aromatic rings. The lowest BCUT2D eigenvalue weighted by Gasteiger charge is -2.15. The van der Waals surface area contributed by atoms with Crippen LogP contribution in [0.5, 0.6) is 23.0 Å². The van der Waals surface area contributed by atoms with Crippen LogP contribution in [0.25, 0.3) is 0 Å². The highest BCUT2D eigenvalue weighted by Gasteiger charge is 2.14. The van der Waals surface area contributed by atoms with Crippen molar-refractivity contribution >= 4 is 28.9 Å². The molecule has 0 aliphatic heterocycles. The second-order valence-corrected chi connectivity index (χ2v) is 5.60. The number of hydrogen-bond donors (Lipinski definition) is 2. The normalized spacial score (nSPS) is 10.0. The van der Waals surface area contributed by atoms with Gasteiger partial charge in [0.2, 0.25) is 11.7 Å². The average molecular weight is 381 g/mol. The minimum Gasteiger partial charge on any atom is -0.495 e. The molecule has 2 rings (SSSR count). The summed E-state index contributed by atoms with van der Waals surface area (Å²) in [5.74, 6) is 1.68. The van der Waals surface area contributed by atoms with E-state index in [1.807, 2.05) is 0 Å². The molecular formula is C18H21ClN2O5. The Kier molecular flexibility index (Phi) is 6.80. The molecule has 0 atom stereocenters. The molecule has 0 heterocycles. The van der Waals surface area contributed by atoms with Gasteiger partial charge in [0.05, 0.1) is 40.7 Å². The molecule has 0 aliphatic rings. The lowest BCUT2D eigenvalue weighted by atomic mass is 10.2. The van der Waals surface area contributed by atoms with Crippen LogP contribution in [0.4, 0.5) is 11.4 Å². The Morgan fingerprint density at radius 2 is 1.54 bits per heavy atom. The molecule has 0 aromatic heterocycles. The molecule has 2 aromatic carbocycles. The van der Waals surface area contributed by atoms with Crippen molar-refractivity contribution in [2.45, 2.75) is 0 Å². The van der Waals surface area contributed by atoms with E-state index in [-0.39, 0.29) is 12.5 Å². The van der Waals surface area contributed by atoms with Gasteiger partial charge in [0.15, 0.2) is 11.5 Å². The Morgan fingerprint density at radius 1 is 0.923 bits per heavy atom. The third kappa shape index (κ3) is 4.64. The molecule has 0 aliphatic carbocycles. The molecule has 0 radical (unpaired) electrons. The van der Waals surface area contributed by atoms with Gasteiger partial charge in [-0.25, -0.2) is 0 Å². The first-order valence-corrected chi connectivity index (χ1v) is 8.07. The van der Waals surface area contributed by atoms with Crippen molar-refractivity contribution in [2.75, 3.05) is 45.6 Å². The van der Waals surface area contributed by atoms with E-state index in [9.17, 15) is 4.79 Å². The standard InChI is InChI=1S/C18H21ClN2O5/c1-23-14-6-5-11(19)7-13(14)20-10-17(22)21-12-8-15(24-2)18(26-4)16(9-12)25-3/h5-9,20H,10H2,1-4H3,(H,21,22). The fraction of sp³-hybridized carbons (Fsp3) is 0.278. The zero-order valence-electron chi connectivity index (χ0n) is 15.0. The summed E-state index contributed by atoms with van der Waals surface area (Å²) in [4.78, 5) is 12.3. The maximum absolute atomic E-state index is 12.3. The summed E-state index contributed by atoms with van der Waals surface area (Å²) >= 11 is 5.98. The fourth-order valence-corrected chi connectivity index (χ4v) is 2.52. The molecule has 0 fully saturated rings. The van der Waals surface area contributed by atoms with Gasteiger partial charge < -0.3 is 29.6 Å². The van der Waals surface area contributed by atoms with Crippen molar-refractivity contribution in [3.05, 3.63) is 35.4 Å². The van der Waals surface area contributed by atoms with Crippen molar-refractivity contribution in [1.29, 1.82) is 0 Å². The van der Waals surface area contributed by atoms with E-state index >= 15 is 0 Å². The van der Waals surface area contributed by atoms with Gasteiger partial charge in [-0.15, -0.1) is 0 Å². The first kappa shape index (κ1) is 19.5. The van der Waals surface area contributed by atoms with E-state index in [1.54, 1.807) is 37.4 Å². The number of amides is 1. The highest BCUT2D eigenvalue weighted by Crippen LogP contribution is 2.39. The highest BCUT2D eigenvalue weighted by atomic mass is 35.5. The largest absolute Gasteiger partial charge is 0.495 e. The van der Waals surface area contributed by atoms with Crippen LogP contribution in [-0.2, 0) is 4.79 Å². The van der Waals surface area contributed by atoms with E-state index in [4.69, 9.17) is 30.5 Å². The van der Waals surface area contributed by atoms with Crippen LogP contribution in [0.3, 0.4) is 0 Å². The second-order valence-electron chi connectivity index (χ2n) is 5.16. The number of carbonyl (C=O) groups excluding carboxylic acids is 1. The van der Waals surface area contributed by atoms with E-state index in [0.717, 1.165) is 0 Å². The summed E-state index contributed by atoms with van der Waals surface area (Å²) in [6, 6.07) is 8.43. The number of halogens is 1. The van der Waals surface area contributed by atoms with Gasteiger partial charge in [0.25, 0.3) is 0 Å². The Balaban J connectivity index is 2.09. The molecule has 0 saturated carbocycles. The summed E-state index contributed by atoms with van der Waals surface area (Å²) in [6.07, 6.45) is 0. The monoisotopic (exact) mass is 380 g/mol. The van der Waals surface area contributed by atoms with E-state index in [2.05, 4.69) is 10.6 Å². The van der Waals surface area contributed by atoms with Crippen molar-refractivity contribution in [1.82, 2.24) is 0 Å². The van der Waals surface area contributed by atoms with Gasteiger partial charge in [-0.3, -0.25) is 4.79 Å². The first-order chi connectivity index (χ1) is 12.5. The van der Waals surface area contributed by atoms with Crippen LogP contribution in [-0.4, -0.2) is 40.9 Å². The Hall–Kier alpha value is -2.80. The summed E-state index contributed by atoms with van der Waals surface area (Å²) in [5, 5.41) is 6.31. The average Bonchev–Trinajstić information content (AvgIpc) is 2.65. The van der Waals surface area contributed by atoms with Crippen molar-refractivity contribution in [2.24, 2.45) is 0 Å². The summed E-state index contributed by atoms with van der Waals surface area (Å²) in [6.45, 7) is 0.0212. The van der Waals surface area contributed by atoms with Gasteiger partial charge in [0.1, 0.15) is 5.75 Å². The van der Waals surface area contributed by atoms with Crippen molar-refractivity contribution < 1.29 is 23.7 Å². The van der Waals surface area contributed by atoms with Crippen LogP contribution >= 0.6 is 11.6 Å². The SMILES string of the molecule is COc1ccc(Cl)cc1NCC(=O)Nc1cc(OC)c(OC)c(OC)c1. The lowest BCUT2D eigenvalue weighted by molar-refractivity contribution is -0.114. The quantitative estimate of drug-likeness (QED) is 0.730. The van der Waals surface area contributed by atoms with E-state index in [0.29, 0.717) is 39.4 Å². The molecule has 2 N–H and O–H groups in total. The summed E-state index contributed by atoms with van der Waals surface area (Å²) in [7, 11) is 6.08. The van der Waals surface area contributed by atoms with Gasteiger partial charge in [-0.05, 0) is 18.2 Å². The minimum atomic E-state index is -0.263. The number of benzene rings is 2. The maximum atomic E-state index is 12.3. The number of anilines is 2. The Morgan fingerprint density at radius 3 is 2.08 bits per heavy atom. The van der Waals surface area contributed by atoms with Gasteiger partial charge in [-0.1, -0.05) is 11.6 Å². The molecule has 0 bridgehead atoms. The van der Waals surface area contributed by atoms with Gasteiger partial charge in [-0.2, -0.15) is 0 Å². The topological polar surface area (TPSA) is 78.1 Å². The third-order valence-corrected chi connectivity index (χ3v) is 3.78. The number of carbonyl (C=O) groups is 1. The molecule has 0 unspecified atom stereocenters. The molecule has 7 nitrogen and oxygen atoms in total. The van der Waals surface area contributed by atoms with Gasteiger partial charge >= 0.3 is 0 Å². The third-order valence-electron chi connectivity index (χ3n) is 3.55. The predicted octanol–water partition coefficient (Wildman–Crippen LogP) is 3.43. The van der Waals surface area contributed by atoms with E-state index in [1.165, 1.54) is 21.3 Å². The van der Waals surface area contributed by atoms with Crippen LogP contribution in [0, 0.1) is 0 Å². The summed E-state index contributed by atoms with van der Waals surface area (Å²) in [5.41, 5.74) is 1.14. The molecule has 1 amide bonds. The van der Waals surface area contributed by atoms with Crippen molar-refractivity contribution in [3.63, 3.8) is 0 Å². The smallest absolute Gasteiger partial charge is 0.243 e. The molecular weight excluding hydrogens is 360 g/mol. The number of hydrogen-bond acceptors (Lipinski definition) is 6. The molecule has 0 spiro atoms. The molecule has 140 valence electrons. The fourth-order valence-electron chi connectivity index (χ4n) is 2.35. The van der Waals surface area contributed by atoms with E-state index < -0.39 is 0 Å². The van der Waals surface area contributed by atoms with Crippen LogP contribution in [0.2, 0.25) is 5.02 Å². The second kappa shape index (κ2) is 9.05. The van der Waals surface area contributed by atoms with Crippen LogP contribution < -0.4 is 29.6 Å². The van der Waals surface area contributed by atoms with Gasteiger partial charge in [0, 0.05) is 22.8 Å². The zero-order valence-corrected chi connectivity index (χ0v) is 15.8. The highest BCUT2D eigenvalue weighted by molar-refractivity contribution is 6.30. The van der Waals surface area contributed by atoms with Crippen molar-refractivity contribution in [3.8, 4) is 23.0 Å².